The van der Waals surface area contributed by atoms with Crippen LogP contribution < -0.4 is 5.32 Å². The van der Waals surface area contributed by atoms with Crippen LogP contribution in [0.15, 0.2) is 0 Å². The number of hydrogen-bond donors (Lipinski definition) is 1. The lowest BCUT2D eigenvalue weighted by Crippen LogP contribution is -2.30. The van der Waals surface area contributed by atoms with Gasteiger partial charge in [-0.05, 0) is 46.0 Å². The third-order valence-electron chi connectivity index (χ3n) is 4.50. The largest absolute Gasteiger partial charge is 0.343 e. The van der Waals surface area contributed by atoms with E-state index in [1.54, 1.807) is 16.2 Å². The van der Waals surface area contributed by atoms with Gasteiger partial charge >= 0.3 is 0 Å². The zero-order valence-electron chi connectivity index (χ0n) is 14.9. The third kappa shape index (κ3) is 5.58. The lowest BCUT2D eigenvalue weighted by atomic mass is 10.0. The maximum atomic E-state index is 12.1. The van der Waals surface area contributed by atoms with E-state index in [0.29, 0.717) is 19.3 Å². The van der Waals surface area contributed by atoms with Crippen LogP contribution in [0.1, 0.15) is 69.4 Å². The van der Waals surface area contributed by atoms with Crippen LogP contribution in [-0.2, 0) is 22.4 Å². The van der Waals surface area contributed by atoms with E-state index < -0.39 is 0 Å². The van der Waals surface area contributed by atoms with E-state index in [1.807, 2.05) is 13.8 Å². The zero-order valence-corrected chi connectivity index (χ0v) is 15.7. The first-order valence-corrected chi connectivity index (χ1v) is 10.0. The molecule has 0 bridgehead atoms. The Bertz CT molecular complexity index is 527. The van der Waals surface area contributed by atoms with Gasteiger partial charge in [-0.15, -0.1) is 11.3 Å². The molecule has 24 heavy (non-hydrogen) atoms. The number of hydrogen-bond acceptors (Lipinski definition) is 4. The number of anilines is 1. The van der Waals surface area contributed by atoms with Gasteiger partial charge in [-0.2, -0.15) is 0 Å². The second-order valence-corrected chi connectivity index (χ2v) is 7.35. The number of amides is 2. The van der Waals surface area contributed by atoms with Crippen LogP contribution in [0.5, 0.6) is 0 Å². The van der Waals surface area contributed by atoms with Gasteiger partial charge in [-0.25, -0.2) is 4.98 Å². The molecule has 0 aliphatic heterocycles. The SMILES string of the molecule is CCN(CC)C(=O)CCCC(=O)Nc1nc2c(s1)CCCCCC2. The topological polar surface area (TPSA) is 62.3 Å². The van der Waals surface area contributed by atoms with E-state index in [-0.39, 0.29) is 11.8 Å². The van der Waals surface area contributed by atoms with Crippen LogP contribution in [0.2, 0.25) is 0 Å². The highest BCUT2D eigenvalue weighted by atomic mass is 32.1. The Morgan fingerprint density at radius 3 is 2.50 bits per heavy atom. The van der Waals surface area contributed by atoms with E-state index in [4.69, 9.17) is 0 Å². The van der Waals surface area contributed by atoms with Crippen molar-refractivity contribution < 1.29 is 9.59 Å². The molecule has 134 valence electrons. The molecular weight excluding hydrogens is 322 g/mol. The molecule has 1 N–H and O–H groups in total. The quantitative estimate of drug-likeness (QED) is 0.813. The fourth-order valence-corrected chi connectivity index (χ4v) is 4.14. The Hall–Kier alpha value is -1.43. The van der Waals surface area contributed by atoms with Crippen molar-refractivity contribution in [2.45, 2.75) is 71.6 Å². The first-order valence-electron chi connectivity index (χ1n) is 9.20. The van der Waals surface area contributed by atoms with Crippen molar-refractivity contribution in [2.75, 3.05) is 18.4 Å². The number of carbonyl (C=O) groups is 2. The summed E-state index contributed by atoms with van der Waals surface area (Å²) in [5.74, 6) is 0.0917. The highest BCUT2D eigenvalue weighted by Crippen LogP contribution is 2.28. The molecule has 6 heteroatoms. The first kappa shape index (κ1) is 18.9. The van der Waals surface area contributed by atoms with Crippen molar-refractivity contribution in [3.8, 4) is 0 Å². The van der Waals surface area contributed by atoms with Gasteiger partial charge in [-0.1, -0.05) is 12.8 Å². The maximum absolute atomic E-state index is 12.1. The third-order valence-corrected chi connectivity index (χ3v) is 5.58. The summed E-state index contributed by atoms with van der Waals surface area (Å²) in [5, 5.41) is 3.64. The summed E-state index contributed by atoms with van der Waals surface area (Å²) in [5.41, 5.74) is 1.17. The molecule has 2 rings (SSSR count). The second-order valence-electron chi connectivity index (χ2n) is 6.27. The number of nitrogens with zero attached hydrogens (tertiary/aromatic N) is 2. The Kier molecular flexibility index (Phi) is 7.69. The normalized spacial score (nSPS) is 14.4. The van der Waals surface area contributed by atoms with Gasteiger partial charge in [0, 0.05) is 30.8 Å². The summed E-state index contributed by atoms with van der Waals surface area (Å²) in [4.78, 5) is 31.7. The van der Waals surface area contributed by atoms with E-state index >= 15 is 0 Å². The van der Waals surface area contributed by atoms with Crippen molar-refractivity contribution in [3.05, 3.63) is 10.6 Å². The minimum atomic E-state index is -0.0379. The Labute approximate surface area is 148 Å². The number of aromatic nitrogens is 1. The number of carbonyl (C=O) groups excluding carboxylic acids is 2. The lowest BCUT2D eigenvalue weighted by molar-refractivity contribution is -0.130. The molecule has 1 aromatic heterocycles. The van der Waals surface area contributed by atoms with Crippen LogP contribution in [0.3, 0.4) is 0 Å². The predicted molar refractivity (Wildman–Crippen MR) is 98.4 cm³/mol. The predicted octanol–water partition coefficient (Wildman–Crippen LogP) is 3.78. The molecule has 1 aromatic rings. The molecule has 5 nitrogen and oxygen atoms in total. The molecule has 0 unspecified atom stereocenters. The standard InChI is InChI=1S/C18H29N3O2S/c1-3-21(4-2)17(23)13-9-12-16(22)20-18-19-14-10-7-5-6-8-11-15(14)24-18/h3-13H2,1-2H3,(H,19,20,22). The molecule has 0 saturated carbocycles. The molecule has 0 fully saturated rings. The summed E-state index contributed by atoms with van der Waals surface area (Å²) in [6.07, 6.45) is 8.49. The summed E-state index contributed by atoms with van der Waals surface area (Å²) in [7, 11) is 0. The van der Waals surface area contributed by atoms with Crippen LogP contribution in [0.25, 0.3) is 0 Å². The van der Waals surface area contributed by atoms with Crippen LogP contribution in [-0.4, -0.2) is 34.8 Å². The monoisotopic (exact) mass is 351 g/mol. The van der Waals surface area contributed by atoms with E-state index in [0.717, 1.165) is 31.1 Å². The summed E-state index contributed by atoms with van der Waals surface area (Å²) in [6.45, 7) is 5.41. The van der Waals surface area contributed by atoms with Gasteiger partial charge in [0.2, 0.25) is 11.8 Å². The number of thiazole rings is 1. The van der Waals surface area contributed by atoms with Crippen molar-refractivity contribution in [2.24, 2.45) is 0 Å². The molecular formula is C18H29N3O2S. The van der Waals surface area contributed by atoms with Crippen molar-refractivity contribution in [1.29, 1.82) is 0 Å². The van der Waals surface area contributed by atoms with E-state index in [1.165, 1.54) is 36.3 Å². The van der Waals surface area contributed by atoms with Gasteiger partial charge < -0.3 is 10.2 Å². The Balaban J connectivity index is 1.78. The van der Waals surface area contributed by atoms with Crippen molar-refractivity contribution >= 4 is 28.3 Å². The van der Waals surface area contributed by atoms with Crippen molar-refractivity contribution in [3.63, 3.8) is 0 Å². The summed E-state index contributed by atoms with van der Waals surface area (Å²) >= 11 is 1.62. The molecule has 0 aromatic carbocycles. The Morgan fingerprint density at radius 1 is 1.08 bits per heavy atom. The fraction of sp³-hybridized carbons (Fsp3) is 0.722. The molecule has 0 atom stereocenters. The van der Waals surface area contributed by atoms with Gasteiger partial charge in [0.05, 0.1) is 5.69 Å². The highest BCUT2D eigenvalue weighted by molar-refractivity contribution is 7.15. The summed E-state index contributed by atoms with van der Waals surface area (Å²) < 4.78 is 0. The lowest BCUT2D eigenvalue weighted by Gasteiger charge is -2.18. The number of fused-ring (bicyclic) bond motifs is 1. The van der Waals surface area contributed by atoms with E-state index in [9.17, 15) is 9.59 Å². The second kappa shape index (κ2) is 9.77. The van der Waals surface area contributed by atoms with Gasteiger partial charge in [-0.3, -0.25) is 9.59 Å². The number of nitrogens with one attached hydrogen (secondary N) is 1. The van der Waals surface area contributed by atoms with Crippen LogP contribution in [0, 0.1) is 0 Å². The molecule has 1 heterocycles. The highest BCUT2D eigenvalue weighted by Gasteiger charge is 2.15. The molecule has 0 saturated heterocycles. The fourth-order valence-electron chi connectivity index (χ4n) is 3.08. The molecule has 1 aliphatic rings. The van der Waals surface area contributed by atoms with Crippen molar-refractivity contribution in [1.82, 2.24) is 9.88 Å². The van der Waals surface area contributed by atoms with E-state index in [2.05, 4.69) is 10.3 Å². The van der Waals surface area contributed by atoms with Crippen LogP contribution in [0.4, 0.5) is 5.13 Å². The molecule has 0 spiro atoms. The minimum absolute atomic E-state index is 0.0379. The van der Waals surface area contributed by atoms with Gasteiger partial charge in [0.1, 0.15) is 0 Å². The van der Waals surface area contributed by atoms with Gasteiger partial charge in [0.25, 0.3) is 0 Å². The number of aryl methyl sites for hydroxylation is 2. The maximum Gasteiger partial charge on any atom is 0.226 e. The molecule has 2 amide bonds. The first-order chi connectivity index (χ1) is 11.6. The smallest absolute Gasteiger partial charge is 0.226 e. The number of rotatable bonds is 7. The average Bonchev–Trinajstić information content (AvgIpc) is 2.89. The summed E-state index contributed by atoms with van der Waals surface area (Å²) in [6, 6.07) is 0. The van der Waals surface area contributed by atoms with Gasteiger partial charge in [0.15, 0.2) is 5.13 Å². The minimum Gasteiger partial charge on any atom is -0.343 e. The average molecular weight is 352 g/mol. The molecule has 0 radical (unpaired) electrons. The van der Waals surface area contributed by atoms with Crippen LogP contribution >= 0.6 is 11.3 Å². The molecule has 1 aliphatic carbocycles. The zero-order chi connectivity index (χ0) is 17.4. The Morgan fingerprint density at radius 2 is 1.79 bits per heavy atom.